The number of ether oxygens (including phenoxy) is 1. The average Bonchev–Trinajstić information content (AvgIpc) is 3.33. The molecule has 0 spiro atoms. The SMILES string of the molecule is CC(C)NS(=O)(=O)c1ccccc1Nc1nc(Nc2ccc(N3CCCCOCC3)cn2)nc2c1CCN2. The number of hydrogen-bond donors (Lipinski definition) is 4. The number of anilines is 6. The highest BCUT2D eigenvalue weighted by molar-refractivity contribution is 7.89. The summed E-state index contributed by atoms with van der Waals surface area (Å²) in [7, 11) is -3.71. The third-order valence-electron chi connectivity index (χ3n) is 6.32. The Balaban J connectivity index is 1.38. The van der Waals surface area contributed by atoms with Crippen molar-refractivity contribution in [1.82, 2.24) is 19.7 Å². The van der Waals surface area contributed by atoms with Gasteiger partial charge in [-0.1, -0.05) is 12.1 Å². The number of rotatable bonds is 8. The van der Waals surface area contributed by atoms with E-state index in [0.29, 0.717) is 35.7 Å². The standard InChI is InChI=1S/C26H34N8O3S/c1-18(2)33-38(35,36)22-8-4-3-7-21(22)29-25-20-11-12-27-24(20)31-26(32-25)30-23-10-9-19(17-28-23)34-13-5-6-15-37-16-14-34/h3-4,7-10,17-18,33H,5-6,11-16H2,1-2H3,(H3,27,28,29,30,31,32). The van der Waals surface area contributed by atoms with Crippen molar-refractivity contribution in [1.29, 1.82) is 0 Å². The van der Waals surface area contributed by atoms with E-state index in [1.54, 1.807) is 38.1 Å². The maximum Gasteiger partial charge on any atom is 0.242 e. The van der Waals surface area contributed by atoms with E-state index in [9.17, 15) is 8.42 Å². The lowest BCUT2D eigenvalue weighted by molar-refractivity contribution is 0.129. The molecule has 1 aromatic carbocycles. The number of nitrogens with one attached hydrogen (secondary N) is 4. The lowest BCUT2D eigenvalue weighted by Gasteiger charge is -2.26. The van der Waals surface area contributed by atoms with Crippen LogP contribution in [0.2, 0.25) is 0 Å². The van der Waals surface area contributed by atoms with Crippen molar-refractivity contribution < 1.29 is 13.2 Å². The van der Waals surface area contributed by atoms with Crippen LogP contribution in [0.25, 0.3) is 0 Å². The van der Waals surface area contributed by atoms with Crippen LogP contribution in [0.3, 0.4) is 0 Å². The summed E-state index contributed by atoms with van der Waals surface area (Å²) in [6.07, 6.45) is 4.72. The summed E-state index contributed by atoms with van der Waals surface area (Å²) in [6.45, 7) is 7.67. The molecule has 5 rings (SSSR count). The fourth-order valence-corrected chi connectivity index (χ4v) is 5.97. The van der Waals surface area contributed by atoms with Crippen molar-refractivity contribution in [2.45, 2.75) is 44.0 Å². The Labute approximate surface area is 223 Å². The first-order chi connectivity index (χ1) is 18.4. The van der Waals surface area contributed by atoms with Crippen LogP contribution in [0.4, 0.5) is 34.8 Å². The highest BCUT2D eigenvalue weighted by atomic mass is 32.2. The number of fused-ring (bicyclic) bond motifs is 1. The Morgan fingerprint density at radius 3 is 2.71 bits per heavy atom. The Morgan fingerprint density at radius 2 is 1.89 bits per heavy atom. The van der Waals surface area contributed by atoms with Gasteiger partial charge in [0.25, 0.3) is 0 Å². The zero-order valence-electron chi connectivity index (χ0n) is 21.7. The van der Waals surface area contributed by atoms with E-state index < -0.39 is 10.0 Å². The number of nitrogens with zero attached hydrogens (tertiary/aromatic N) is 4. The molecule has 1 fully saturated rings. The van der Waals surface area contributed by atoms with E-state index in [1.165, 1.54) is 0 Å². The number of aromatic nitrogens is 3. The Morgan fingerprint density at radius 1 is 1.03 bits per heavy atom. The predicted molar refractivity (Wildman–Crippen MR) is 149 cm³/mol. The van der Waals surface area contributed by atoms with Crippen molar-refractivity contribution in [3.05, 3.63) is 48.2 Å². The van der Waals surface area contributed by atoms with Gasteiger partial charge >= 0.3 is 0 Å². The molecule has 3 aromatic rings. The molecule has 1 saturated heterocycles. The summed E-state index contributed by atoms with van der Waals surface area (Å²) >= 11 is 0. The number of para-hydroxylation sites is 1. The van der Waals surface area contributed by atoms with Crippen molar-refractivity contribution in [3.63, 3.8) is 0 Å². The van der Waals surface area contributed by atoms with Gasteiger partial charge in [0.05, 0.1) is 24.2 Å². The Hall–Kier alpha value is -3.48. The van der Waals surface area contributed by atoms with Gasteiger partial charge in [0, 0.05) is 37.8 Å². The second-order valence-corrected chi connectivity index (χ2v) is 11.3. The largest absolute Gasteiger partial charge is 0.380 e. The number of hydrogen-bond acceptors (Lipinski definition) is 10. The van der Waals surface area contributed by atoms with Crippen LogP contribution in [-0.2, 0) is 21.2 Å². The summed E-state index contributed by atoms with van der Waals surface area (Å²) in [4.78, 5) is 16.4. The summed E-state index contributed by atoms with van der Waals surface area (Å²) in [5, 5.41) is 9.73. The van der Waals surface area contributed by atoms with Gasteiger partial charge in [0.2, 0.25) is 16.0 Å². The zero-order chi connectivity index (χ0) is 26.5. The fraction of sp³-hybridized carbons (Fsp3) is 0.423. The third-order valence-corrected chi connectivity index (χ3v) is 8.04. The lowest BCUT2D eigenvalue weighted by Crippen LogP contribution is -2.30. The fourth-order valence-electron chi connectivity index (χ4n) is 4.55. The normalized spacial score (nSPS) is 15.9. The van der Waals surface area contributed by atoms with E-state index in [4.69, 9.17) is 9.72 Å². The molecule has 11 nitrogen and oxygen atoms in total. The molecular formula is C26H34N8O3S. The molecule has 2 aliphatic heterocycles. The van der Waals surface area contributed by atoms with Gasteiger partial charge in [-0.2, -0.15) is 9.97 Å². The van der Waals surface area contributed by atoms with Crippen molar-refractivity contribution in [3.8, 4) is 0 Å². The minimum atomic E-state index is -3.71. The van der Waals surface area contributed by atoms with Crippen LogP contribution in [0.15, 0.2) is 47.5 Å². The number of sulfonamides is 1. The molecule has 0 saturated carbocycles. The van der Waals surface area contributed by atoms with Gasteiger partial charge in [0.1, 0.15) is 22.3 Å². The van der Waals surface area contributed by atoms with Gasteiger partial charge in [0.15, 0.2) is 0 Å². The summed E-state index contributed by atoms with van der Waals surface area (Å²) in [5.74, 6) is 2.24. The van der Waals surface area contributed by atoms with E-state index in [1.807, 2.05) is 18.3 Å². The molecule has 0 bridgehead atoms. The molecule has 0 radical (unpaired) electrons. The van der Waals surface area contributed by atoms with Crippen LogP contribution >= 0.6 is 0 Å². The van der Waals surface area contributed by atoms with Gasteiger partial charge in [-0.05, 0) is 57.4 Å². The third kappa shape index (κ3) is 6.14. The molecule has 0 unspecified atom stereocenters. The van der Waals surface area contributed by atoms with Crippen LogP contribution < -0.4 is 25.6 Å². The van der Waals surface area contributed by atoms with Gasteiger partial charge in [-0.3, -0.25) is 0 Å². The maximum absolute atomic E-state index is 12.9. The van der Waals surface area contributed by atoms with E-state index in [0.717, 1.165) is 56.8 Å². The Bertz CT molecular complexity index is 1360. The summed E-state index contributed by atoms with van der Waals surface area (Å²) in [6, 6.07) is 10.5. The minimum Gasteiger partial charge on any atom is -0.380 e. The monoisotopic (exact) mass is 538 g/mol. The molecule has 4 N–H and O–H groups in total. The second kappa shape index (κ2) is 11.5. The first-order valence-corrected chi connectivity index (χ1v) is 14.5. The second-order valence-electron chi connectivity index (χ2n) is 9.63. The van der Waals surface area contributed by atoms with Crippen LogP contribution in [0.1, 0.15) is 32.3 Å². The van der Waals surface area contributed by atoms with Crippen molar-refractivity contribution >= 4 is 44.8 Å². The molecule has 2 aromatic heterocycles. The van der Waals surface area contributed by atoms with Crippen molar-refractivity contribution in [2.75, 3.05) is 53.7 Å². The summed E-state index contributed by atoms with van der Waals surface area (Å²) < 4.78 is 34.2. The molecule has 4 heterocycles. The topological polar surface area (TPSA) is 133 Å². The van der Waals surface area contributed by atoms with E-state index in [-0.39, 0.29) is 10.9 Å². The summed E-state index contributed by atoms with van der Waals surface area (Å²) in [5.41, 5.74) is 2.40. The molecular weight excluding hydrogens is 504 g/mol. The lowest BCUT2D eigenvalue weighted by atomic mass is 10.2. The minimum absolute atomic E-state index is 0.161. The first kappa shape index (κ1) is 26.1. The molecule has 0 aliphatic carbocycles. The average molecular weight is 539 g/mol. The maximum atomic E-state index is 12.9. The molecule has 0 amide bonds. The van der Waals surface area contributed by atoms with Gasteiger partial charge < -0.3 is 25.6 Å². The van der Waals surface area contributed by atoms with Crippen molar-refractivity contribution in [2.24, 2.45) is 0 Å². The molecule has 38 heavy (non-hydrogen) atoms. The molecule has 12 heteroatoms. The highest BCUT2D eigenvalue weighted by Gasteiger charge is 2.23. The Kier molecular flexibility index (Phi) is 7.91. The number of benzene rings is 1. The van der Waals surface area contributed by atoms with Gasteiger partial charge in [-0.25, -0.2) is 18.1 Å². The quantitative estimate of drug-likeness (QED) is 0.337. The first-order valence-electron chi connectivity index (χ1n) is 13.0. The molecule has 2 aliphatic rings. The highest BCUT2D eigenvalue weighted by Crippen LogP contribution is 2.32. The number of pyridine rings is 1. The zero-order valence-corrected chi connectivity index (χ0v) is 22.5. The van der Waals surface area contributed by atoms with Crippen LogP contribution in [-0.4, -0.2) is 62.3 Å². The van der Waals surface area contributed by atoms with Crippen LogP contribution in [0.5, 0.6) is 0 Å². The molecule has 202 valence electrons. The smallest absolute Gasteiger partial charge is 0.242 e. The predicted octanol–water partition coefficient (Wildman–Crippen LogP) is 3.63. The van der Waals surface area contributed by atoms with E-state index in [2.05, 4.69) is 35.5 Å². The molecule has 0 atom stereocenters. The van der Waals surface area contributed by atoms with E-state index >= 15 is 0 Å². The van der Waals surface area contributed by atoms with Crippen LogP contribution in [0, 0.1) is 0 Å². The van der Waals surface area contributed by atoms with Gasteiger partial charge in [-0.15, -0.1) is 0 Å².